The first-order chi connectivity index (χ1) is 13.8. The molecule has 0 spiro atoms. The van der Waals surface area contributed by atoms with E-state index in [1.54, 1.807) is 24.3 Å². The zero-order valence-electron chi connectivity index (χ0n) is 15.7. The van der Waals surface area contributed by atoms with Crippen LogP contribution in [-0.2, 0) is 6.54 Å². The molecule has 2 aromatic carbocycles. The van der Waals surface area contributed by atoms with Gasteiger partial charge in [0.05, 0.1) is 11.0 Å². The Bertz CT molecular complexity index is 961. The summed E-state index contributed by atoms with van der Waals surface area (Å²) >= 11 is 0. The number of rotatable bonds is 8. The fraction of sp³-hybridized carbons (Fsp3) is 0.263. The summed E-state index contributed by atoms with van der Waals surface area (Å²) in [4.78, 5) is 12.2. The summed E-state index contributed by atoms with van der Waals surface area (Å²) in [5, 5.41) is 18.8. The van der Waals surface area contributed by atoms with Crippen LogP contribution >= 0.6 is 0 Å². The first-order valence-electron chi connectivity index (χ1n) is 8.65. The van der Waals surface area contributed by atoms with Gasteiger partial charge in [0.1, 0.15) is 5.75 Å². The Morgan fingerprint density at radius 3 is 2.38 bits per heavy atom. The molecule has 0 N–H and O–H groups in total. The quantitative estimate of drug-likeness (QED) is 0.405. The van der Waals surface area contributed by atoms with Crippen LogP contribution in [0.4, 0.5) is 14.5 Å². The van der Waals surface area contributed by atoms with E-state index in [9.17, 15) is 18.9 Å². The number of nitro groups is 1. The van der Waals surface area contributed by atoms with Gasteiger partial charge in [0, 0.05) is 24.2 Å². The number of hydrogen-bond acceptors (Lipinski definition) is 7. The van der Waals surface area contributed by atoms with Crippen molar-refractivity contribution in [2.45, 2.75) is 26.1 Å². The lowest BCUT2D eigenvalue weighted by atomic mass is 10.2. The third-order valence-electron chi connectivity index (χ3n) is 4.36. The molecular weight excluding hydrogens is 386 g/mol. The molecule has 0 unspecified atom stereocenters. The van der Waals surface area contributed by atoms with Crippen molar-refractivity contribution >= 4 is 5.69 Å². The number of aromatic nitrogens is 2. The van der Waals surface area contributed by atoms with Gasteiger partial charge in [-0.1, -0.05) is 12.1 Å². The van der Waals surface area contributed by atoms with E-state index in [0.717, 1.165) is 5.56 Å². The fourth-order valence-corrected chi connectivity index (χ4v) is 2.64. The molecule has 0 fully saturated rings. The molecule has 0 saturated heterocycles. The molecule has 0 aliphatic rings. The van der Waals surface area contributed by atoms with Crippen LogP contribution in [0.1, 0.15) is 24.4 Å². The van der Waals surface area contributed by atoms with Gasteiger partial charge in [-0.2, -0.15) is 8.78 Å². The molecule has 3 rings (SSSR count). The molecule has 0 radical (unpaired) electrons. The zero-order valence-corrected chi connectivity index (χ0v) is 15.7. The maximum Gasteiger partial charge on any atom is 0.387 e. The second-order valence-electron chi connectivity index (χ2n) is 6.36. The first-order valence-corrected chi connectivity index (χ1v) is 8.65. The second kappa shape index (κ2) is 8.74. The largest absolute Gasteiger partial charge is 0.435 e. The molecule has 0 saturated carbocycles. The maximum atomic E-state index is 12.2. The number of benzene rings is 2. The van der Waals surface area contributed by atoms with Crippen LogP contribution in [0.15, 0.2) is 52.9 Å². The van der Waals surface area contributed by atoms with Crippen molar-refractivity contribution in [3.63, 3.8) is 0 Å². The van der Waals surface area contributed by atoms with Gasteiger partial charge in [-0.25, -0.2) is 0 Å². The smallest absolute Gasteiger partial charge is 0.387 e. The Labute approximate surface area is 164 Å². The normalized spacial score (nSPS) is 12.3. The number of non-ortho nitro benzene ring substituents is 1. The van der Waals surface area contributed by atoms with Crippen LogP contribution in [0.2, 0.25) is 0 Å². The average Bonchev–Trinajstić information content (AvgIpc) is 3.18. The number of nitro benzene ring substituents is 1. The SMILES string of the molecule is C[C@@H](c1nnc(-c2ccc([N+](=O)[O-])cc2)o1)N(C)Cc1ccc(OC(F)F)cc1. The average molecular weight is 404 g/mol. The van der Waals surface area contributed by atoms with Crippen molar-refractivity contribution in [1.82, 2.24) is 15.1 Å². The molecule has 0 aliphatic carbocycles. The van der Waals surface area contributed by atoms with E-state index in [0.29, 0.717) is 18.0 Å². The van der Waals surface area contributed by atoms with Crippen LogP contribution in [0.25, 0.3) is 11.5 Å². The number of hydrogen-bond donors (Lipinski definition) is 0. The first kappa shape index (κ1) is 20.3. The minimum Gasteiger partial charge on any atom is -0.435 e. The Kier molecular flexibility index (Phi) is 6.13. The van der Waals surface area contributed by atoms with Gasteiger partial charge in [-0.05, 0) is 43.8 Å². The lowest BCUT2D eigenvalue weighted by Gasteiger charge is -2.21. The van der Waals surface area contributed by atoms with E-state index >= 15 is 0 Å². The van der Waals surface area contributed by atoms with Gasteiger partial charge >= 0.3 is 6.61 Å². The highest BCUT2D eigenvalue weighted by molar-refractivity contribution is 5.55. The monoisotopic (exact) mass is 404 g/mol. The van der Waals surface area contributed by atoms with Crippen molar-refractivity contribution < 1.29 is 22.9 Å². The van der Waals surface area contributed by atoms with E-state index in [-0.39, 0.29) is 23.4 Å². The molecule has 3 aromatic rings. The highest BCUT2D eigenvalue weighted by atomic mass is 19.3. The molecule has 1 aromatic heterocycles. The molecule has 1 heterocycles. The summed E-state index contributed by atoms with van der Waals surface area (Å²) in [7, 11) is 1.87. The van der Waals surface area contributed by atoms with Crippen LogP contribution in [-0.4, -0.2) is 33.7 Å². The fourth-order valence-electron chi connectivity index (χ4n) is 2.64. The highest BCUT2D eigenvalue weighted by Crippen LogP contribution is 2.26. The molecule has 29 heavy (non-hydrogen) atoms. The van der Waals surface area contributed by atoms with E-state index in [4.69, 9.17) is 4.42 Å². The van der Waals surface area contributed by atoms with Crippen LogP contribution in [0.3, 0.4) is 0 Å². The molecule has 0 aliphatic heterocycles. The summed E-state index contributed by atoms with van der Waals surface area (Å²) < 4.78 is 34.5. The predicted molar refractivity (Wildman–Crippen MR) is 99.3 cm³/mol. The Hall–Kier alpha value is -3.40. The predicted octanol–water partition coefficient (Wildman–Crippen LogP) is 4.44. The summed E-state index contributed by atoms with van der Waals surface area (Å²) in [5.41, 5.74) is 1.46. The van der Waals surface area contributed by atoms with E-state index in [1.165, 1.54) is 24.3 Å². The van der Waals surface area contributed by atoms with Crippen molar-refractivity contribution in [3.05, 3.63) is 70.1 Å². The molecule has 1 atom stereocenters. The Morgan fingerprint density at radius 1 is 1.14 bits per heavy atom. The van der Waals surface area contributed by atoms with Gasteiger partial charge in [-0.15, -0.1) is 10.2 Å². The molecule has 10 heteroatoms. The lowest BCUT2D eigenvalue weighted by Crippen LogP contribution is -2.22. The van der Waals surface area contributed by atoms with Crippen molar-refractivity contribution in [1.29, 1.82) is 0 Å². The second-order valence-corrected chi connectivity index (χ2v) is 6.36. The van der Waals surface area contributed by atoms with Gasteiger partial charge in [-0.3, -0.25) is 15.0 Å². The molecule has 0 amide bonds. The van der Waals surface area contributed by atoms with Crippen LogP contribution in [0, 0.1) is 10.1 Å². The third-order valence-corrected chi connectivity index (χ3v) is 4.36. The minimum absolute atomic E-state index is 0.0217. The van der Waals surface area contributed by atoms with Crippen molar-refractivity contribution in [2.75, 3.05) is 7.05 Å². The van der Waals surface area contributed by atoms with Gasteiger partial charge < -0.3 is 9.15 Å². The van der Waals surface area contributed by atoms with E-state index in [2.05, 4.69) is 14.9 Å². The molecule has 152 valence electrons. The topological polar surface area (TPSA) is 94.5 Å². The number of ether oxygens (including phenoxy) is 1. The third kappa shape index (κ3) is 5.11. The molecule has 0 bridgehead atoms. The van der Waals surface area contributed by atoms with Crippen molar-refractivity contribution in [2.24, 2.45) is 0 Å². The van der Waals surface area contributed by atoms with Crippen LogP contribution < -0.4 is 4.74 Å². The standard InChI is InChI=1S/C19H18F2N4O4/c1-12(24(2)11-13-3-9-16(10-4-13)28-19(20)21)17-22-23-18(29-17)14-5-7-15(8-6-14)25(26)27/h3-10,12,19H,11H2,1-2H3/t12-/m0/s1. The van der Waals surface area contributed by atoms with Gasteiger partial charge in [0.2, 0.25) is 11.8 Å². The number of alkyl halides is 2. The summed E-state index contributed by atoms with van der Waals surface area (Å²) in [6.45, 7) is -0.446. The van der Waals surface area contributed by atoms with Crippen molar-refractivity contribution in [3.8, 4) is 17.2 Å². The van der Waals surface area contributed by atoms with E-state index in [1.807, 2.05) is 18.9 Å². The molecular formula is C19H18F2N4O4. The van der Waals surface area contributed by atoms with Gasteiger partial charge in [0.25, 0.3) is 5.69 Å². The number of nitrogens with zero attached hydrogens (tertiary/aromatic N) is 4. The molecule has 8 nitrogen and oxygen atoms in total. The summed E-state index contributed by atoms with van der Waals surface area (Å²) in [6.07, 6.45) is 0. The van der Waals surface area contributed by atoms with E-state index < -0.39 is 11.5 Å². The summed E-state index contributed by atoms with van der Waals surface area (Å²) in [5.74, 6) is 0.756. The van der Waals surface area contributed by atoms with Crippen LogP contribution in [0.5, 0.6) is 5.75 Å². The highest BCUT2D eigenvalue weighted by Gasteiger charge is 2.20. The van der Waals surface area contributed by atoms with Gasteiger partial charge in [0.15, 0.2) is 0 Å². The maximum absolute atomic E-state index is 12.2. The summed E-state index contributed by atoms with van der Waals surface area (Å²) in [6, 6.07) is 12.0. The Balaban J connectivity index is 1.65. The lowest BCUT2D eigenvalue weighted by molar-refractivity contribution is -0.384. The number of halogens is 2. The Morgan fingerprint density at radius 2 is 1.79 bits per heavy atom. The minimum atomic E-state index is -2.86. The zero-order chi connectivity index (χ0) is 21.0.